The quantitative estimate of drug-likeness (QED) is 0.715. The molecule has 0 heterocycles. The van der Waals surface area contributed by atoms with Gasteiger partial charge in [-0.1, -0.05) is 25.7 Å². The normalized spacial score (nSPS) is 24.9. The maximum absolute atomic E-state index is 9.23. The van der Waals surface area contributed by atoms with Gasteiger partial charge in [0.05, 0.1) is 6.61 Å². The van der Waals surface area contributed by atoms with Gasteiger partial charge in [0.15, 0.2) is 0 Å². The first kappa shape index (κ1) is 13.7. The smallest absolute Gasteiger partial charge is 0.0558 e. The lowest BCUT2D eigenvalue weighted by Gasteiger charge is -2.45. The summed E-state index contributed by atoms with van der Waals surface area (Å²) < 4.78 is 0. The van der Waals surface area contributed by atoms with Gasteiger partial charge in [-0.2, -0.15) is 12.6 Å². The predicted octanol–water partition coefficient (Wildman–Crippen LogP) is 2.71. The highest BCUT2D eigenvalue weighted by Crippen LogP contribution is 2.39. The summed E-state index contributed by atoms with van der Waals surface area (Å²) >= 11 is 4.62. The van der Waals surface area contributed by atoms with E-state index in [0.717, 1.165) is 18.3 Å². The minimum Gasteiger partial charge on any atom is -0.395 e. The monoisotopic (exact) mass is 257 g/mol. The summed E-state index contributed by atoms with van der Waals surface area (Å²) in [5.41, 5.74) is 0.437. The standard InChI is InChI=1S/C14H27NOS/c16-10-9-15(13-5-4-6-13)11-14(12-17)7-2-1-3-8-14/h13,16-17H,1-12H2. The molecule has 1 N–H and O–H groups in total. The minimum atomic E-state index is 0.305. The van der Waals surface area contributed by atoms with Crippen LogP contribution in [0.5, 0.6) is 0 Å². The number of hydrogen-bond acceptors (Lipinski definition) is 3. The fraction of sp³-hybridized carbons (Fsp3) is 1.00. The van der Waals surface area contributed by atoms with E-state index >= 15 is 0 Å². The van der Waals surface area contributed by atoms with Crippen LogP contribution in [0.3, 0.4) is 0 Å². The molecule has 2 nitrogen and oxygen atoms in total. The molecular weight excluding hydrogens is 230 g/mol. The van der Waals surface area contributed by atoms with E-state index in [9.17, 15) is 5.11 Å². The van der Waals surface area contributed by atoms with Crippen LogP contribution in [0.2, 0.25) is 0 Å². The van der Waals surface area contributed by atoms with Crippen LogP contribution < -0.4 is 0 Å². The van der Waals surface area contributed by atoms with Crippen LogP contribution in [0, 0.1) is 5.41 Å². The number of aliphatic hydroxyl groups is 1. The van der Waals surface area contributed by atoms with E-state index in [2.05, 4.69) is 17.5 Å². The predicted molar refractivity (Wildman–Crippen MR) is 75.7 cm³/mol. The summed E-state index contributed by atoms with van der Waals surface area (Å²) in [6.07, 6.45) is 10.9. The molecule has 0 radical (unpaired) electrons. The van der Waals surface area contributed by atoms with E-state index in [-0.39, 0.29) is 0 Å². The number of thiol groups is 1. The Balaban J connectivity index is 1.93. The Morgan fingerprint density at radius 3 is 2.29 bits per heavy atom. The van der Waals surface area contributed by atoms with Crippen LogP contribution in [-0.4, -0.2) is 41.5 Å². The number of aliphatic hydroxyl groups excluding tert-OH is 1. The van der Waals surface area contributed by atoms with Gasteiger partial charge in [-0.3, -0.25) is 4.90 Å². The molecule has 2 saturated carbocycles. The summed E-state index contributed by atoms with van der Waals surface area (Å²) in [5.74, 6) is 1.02. The van der Waals surface area contributed by atoms with Crippen LogP contribution in [0.1, 0.15) is 51.4 Å². The van der Waals surface area contributed by atoms with Crippen molar-refractivity contribution in [1.29, 1.82) is 0 Å². The fourth-order valence-corrected chi connectivity index (χ4v) is 3.79. The van der Waals surface area contributed by atoms with Crippen LogP contribution in [-0.2, 0) is 0 Å². The SMILES string of the molecule is OCCN(CC1(CS)CCCCC1)C1CCC1. The van der Waals surface area contributed by atoms with Gasteiger partial charge in [0.2, 0.25) is 0 Å². The molecule has 2 rings (SSSR count). The van der Waals surface area contributed by atoms with E-state index in [0.29, 0.717) is 12.0 Å². The van der Waals surface area contributed by atoms with Gasteiger partial charge < -0.3 is 5.11 Å². The molecule has 2 aliphatic rings. The largest absolute Gasteiger partial charge is 0.395 e. The van der Waals surface area contributed by atoms with Crippen molar-refractivity contribution < 1.29 is 5.11 Å². The Kier molecular flexibility index (Phi) is 5.19. The van der Waals surface area contributed by atoms with Gasteiger partial charge >= 0.3 is 0 Å². The van der Waals surface area contributed by atoms with E-state index in [1.165, 1.54) is 57.9 Å². The number of hydrogen-bond donors (Lipinski definition) is 2. The van der Waals surface area contributed by atoms with E-state index < -0.39 is 0 Å². The highest BCUT2D eigenvalue weighted by Gasteiger charge is 2.35. The third kappa shape index (κ3) is 3.39. The lowest BCUT2D eigenvalue weighted by molar-refractivity contribution is 0.0456. The zero-order chi connectivity index (χ0) is 12.1. The summed E-state index contributed by atoms with van der Waals surface area (Å²) in [7, 11) is 0. The minimum absolute atomic E-state index is 0.305. The molecule has 0 aromatic carbocycles. The average molecular weight is 257 g/mol. The van der Waals surface area contributed by atoms with Crippen molar-refractivity contribution in [1.82, 2.24) is 4.90 Å². The first-order valence-corrected chi connectivity index (χ1v) is 7.89. The summed E-state index contributed by atoms with van der Waals surface area (Å²) in [5, 5.41) is 9.23. The van der Waals surface area contributed by atoms with Crippen LogP contribution in [0.4, 0.5) is 0 Å². The van der Waals surface area contributed by atoms with Crippen LogP contribution in [0.25, 0.3) is 0 Å². The lowest BCUT2D eigenvalue weighted by atomic mass is 9.74. The molecule has 0 saturated heterocycles. The summed E-state index contributed by atoms with van der Waals surface area (Å²) in [4.78, 5) is 2.55. The first-order valence-electron chi connectivity index (χ1n) is 7.25. The maximum Gasteiger partial charge on any atom is 0.0558 e. The second-order valence-electron chi connectivity index (χ2n) is 6.00. The fourth-order valence-electron chi connectivity index (χ4n) is 3.37. The Morgan fingerprint density at radius 2 is 1.82 bits per heavy atom. The molecule has 0 aromatic heterocycles. The molecule has 0 unspecified atom stereocenters. The van der Waals surface area contributed by atoms with Crippen molar-refractivity contribution in [3.63, 3.8) is 0 Å². The van der Waals surface area contributed by atoms with Gasteiger partial charge in [0.25, 0.3) is 0 Å². The molecule has 2 fully saturated rings. The Hall–Kier alpha value is 0.270. The summed E-state index contributed by atoms with van der Waals surface area (Å²) in [6.45, 7) is 2.33. The van der Waals surface area contributed by atoms with Crippen molar-refractivity contribution in [3.05, 3.63) is 0 Å². The van der Waals surface area contributed by atoms with Gasteiger partial charge in [-0.15, -0.1) is 0 Å². The van der Waals surface area contributed by atoms with Gasteiger partial charge in [0.1, 0.15) is 0 Å². The molecule has 0 aromatic rings. The second kappa shape index (κ2) is 6.44. The summed E-state index contributed by atoms with van der Waals surface area (Å²) in [6, 6.07) is 0.751. The van der Waals surface area contributed by atoms with E-state index in [1.807, 2.05) is 0 Å². The van der Waals surface area contributed by atoms with E-state index in [1.54, 1.807) is 0 Å². The van der Waals surface area contributed by atoms with Crippen molar-refractivity contribution in [2.24, 2.45) is 5.41 Å². The van der Waals surface area contributed by atoms with E-state index in [4.69, 9.17) is 0 Å². The molecule has 2 aliphatic carbocycles. The van der Waals surface area contributed by atoms with Gasteiger partial charge in [0, 0.05) is 19.1 Å². The molecule has 0 spiro atoms. The molecule has 0 bridgehead atoms. The zero-order valence-corrected chi connectivity index (χ0v) is 11.8. The molecule has 0 aliphatic heterocycles. The number of rotatable bonds is 6. The van der Waals surface area contributed by atoms with Crippen molar-refractivity contribution >= 4 is 12.6 Å². The molecule has 0 amide bonds. The van der Waals surface area contributed by atoms with Crippen molar-refractivity contribution in [3.8, 4) is 0 Å². The maximum atomic E-state index is 9.23. The van der Waals surface area contributed by atoms with Crippen molar-refractivity contribution in [2.45, 2.75) is 57.4 Å². The highest BCUT2D eigenvalue weighted by atomic mass is 32.1. The molecular formula is C14H27NOS. The third-order valence-corrected chi connectivity index (χ3v) is 5.44. The highest BCUT2D eigenvalue weighted by molar-refractivity contribution is 7.80. The number of nitrogens with zero attached hydrogens (tertiary/aromatic N) is 1. The van der Waals surface area contributed by atoms with Gasteiger partial charge in [-0.25, -0.2) is 0 Å². The first-order chi connectivity index (χ1) is 8.29. The van der Waals surface area contributed by atoms with Crippen LogP contribution in [0.15, 0.2) is 0 Å². The second-order valence-corrected chi connectivity index (χ2v) is 6.31. The molecule has 17 heavy (non-hydrogen) atoms. The molecule has 0 atom stereocenters. The Labute approximate surface area is 111 Å². The van der Waals surface area contributed by atoms with Crippen LogP contribution >= 0.6 is 12.6 Å². The third-order valence-electron chi connectivity index (χ3n) is 4.77. The van der Waals surface area contributed by atoms with Gasteiger partial charge in [-0.05, 0) is 36.9 Å². The lowest BCUT2D eigenvalue weighted by Crippen LogP contribution is -2.48. The zero-order valence-electron chi connectivity index (χ0n) is 10.9. The molecule has 3 heteroatoms. The van der Waals surface area contributed by atoms with Crippen molar-refractivity contribution in [2.75, 3.05) is 25.4 Å². The molecule has 100 valence electrons. The Bertz CT molecular complexity index is 224. The topological polar surface area (TPSA) is 23.5 Å². The average Bonchev–Trinajstić information content (AvgIpc) is 2.28. The Morgan fingerprint density at radius 1 is 1.12 bits per heavy atom.